The Balaban J connectivity index is 1.56. The largest absolute Gasteiger partial charge is 0.274 e. The van der Waals surface area contributed by atoms with E-state index in [1.165, 1.54) is 43.4 Å². The van der Waals surface area contributed by atoms with Crippen LogP contribution < -0.4 is 0 Å². The van der Waals surface area contributed by atoms with Crippen molar-refractivity contribution in [3.05, 3.63) is 35.4 Å². The van der Waals surface area contributed by atoms with Gasteiger partial charge in [-0.1, -0.05) is 63.0 Å². The molecular weight excluding hydrogens is 334 g/mol. The van der Waals surface area contributed by atoms with E-state index in [1.54, 1.807) is 24.3 Å². The fourth-order valence-electron chi connectivity index (χ4n) is 3.13. The van der Waals surface area contributed by atoms with Crippen molar-refractivity contribution >= 4 is 11.8 Å². The van der Waals surface area contributed by atoms with Gasteiger partial charge in [-0.25, -0.2) is 0 Å². The summed E-state index contributed by atoms with van der Waals surface area (Å²) in [5.74, 6) is 11.6. The second-order valence-electron chi connectivity index (χ2n) is 6.89. The van der Waals surface area contributed by atoms with Crippen LogP contribution in [0.4, 0.5) is 0 Å². The lowest BCUT2D eigenvalue weighted by Gasteiger charge is -2.12. The quantitative estimate of drug-likeness (QED) is 0.325. The molecule has 2 amide bonds. The summed E-state index contributed by atoms with van der Waals surface area (Å²) >= 11 is 0. The molecule has 0 saturated heterocycles. The molecule has 1 aliphatic rings. The van der Waals surface area contributed by atoms with E-state index < -0.39 is 0 Å². The molecule has 142 valence electrons. The summed E-state index contributed by atoms with van der Waals surface area (Å²) in [6.45, 7) is 2.69. The molecule has 1 aliphatic heterocycles. The van der Waals surface area contributed by atoms with Crippen molar-refractivity contribution in [3.8, 4) is 23.7 Å². The van der Waals surface area contributed by atoms with Crippen molar-refractivity contribution < 1.29 is 9.59 Å². The van der Waals surface area contributed by atoms with Gasteiger partial charge < -0.3 is 0 Å². The topological polar surface area (TPSA) is 37.4 Å². The molecule has 0 aliphatic carbocycles. The van der Waals surface area contributed by atoms with E-state index in [-0.39, 0.29) is 11.8 Å². The standard InChI is InChI=1S/C24H29NO2/c1-2-3-4-5-6-7-8-9-10-11-12-13-14-17-20-25-23(26)21-18-15-16-19-22(21)24(25)27/h15-16,18-19H,2-8,13-14,17,20H2,1H3. The maximum absolute atomic E-state index is 12.2. The molecule has 0 atom stereocenters. The van der Waals surface area contributed by atoms with Gasteiger partial charge in [0.05, 0.1) is 11.1 Å². The summed E-state index contributed by atoms with van der Waals surface area (Å²) < 4.78 is 0. The van der Waals surface area contributed by atoms with E-state index in [2.05, 4.69) is 30.6 Å². The summed E-state index contributed by atoms with van der Waals surface area (Å²) in [7, 11) is 0. The Kier molecular flexibility index (Phi) is 9.22. The first-order valence-corrected chi connectivity index (χ1v) is 10.2. The highest BCUT2D eigenvalue weighted by Crippen LogP contribution is 2.22. The number of carbonyl (C=O) groups excluding carboxylic acids is 2. The second kappa shape index (κ2) is 12.0. The minimum atomic E-state index is -0.178. The average Bonchev–Trinajstić information content (AvgIpc) is 2.93. The molecular formula is C24H29NO2. The summed E-state index contributed by atoms with van der Waals surface area (Å²) in [4.78, 5) is 25.8. The van der Waals surface area contributed by atoms with Crippen molar-refractivity contribution in [3.63, 3.8) is 0 Å². The van der Waals surface area contributed by atoms with Gasteiger partial charge in [0.2, 0.25) is 0 Å². The van der Waals surface area contributed by atoms with Crippen LogP contribution in [0, 0.1) is 23.7 Å². The molecule has 0 unspecified atom stereocenters. The number of fused-ring (bicyclic) bond motifs is 1. The van der Waals surface area contributed by atoms with Crippen molar-refractivity contribution in [2.45, 2.75) is 71.1 Å². The Hall–Kier alpha value is -2.52. The van der Waals surface area contributed by atoms with E-state index in [1.807, 2.05) is 0 Å². The number of hydrogen-bond acceptors (Lipinski definition) is 2. The molecule has 1 aromatic rings. The van der Waals surface area contributed by atoms with Gasteiger partial charge in [-0.05, 0) is 43.2 Å². The molecule has 27 heavy (non-hydrogen) atoms. The van der Waals surface area contributed by atoms with Gasteiger partial charge in [-0.2, -0.15) is 0 Å². The predicted octanol–water partition coefficient (Wildman–Crippen LogP) is 5.21. The first-order valence-electron chi connectivity index (χ1n) is 10.2. The maximum Gasteiger partial charge on any atom is 0.261 e. The predicted molar refractivity (Wildman–Crippen MR) is 109 cm³/mol. The fourth-order valence-corrected chi connectivity index (χ4v) is 3.13. The van der Waals surface area contributed by atoms with Crippen LogP contribution in [0.5, 0.6) is 0 Å². The van der Waals surface area contributed by atoms with Gasteiger partial charge in [-0.15, -0.1) is 0 Å². The van der Waals surface area contributed by atoms with E-state index in [0.717, 1.165) is 25.7 Å². The number of carbonyl (C=O) groups is 2. The van der Waals surface area contributed by atoms with Crippen molar-refractivity contribution in [2.24, 2.45) is 0 Å². The lowest BCUT2D eigenvalue weighted by Crippen LogP contribution is -2.30. The third kappa shape index (κ3) is 6.61. The van der Waals surface area contributed by atoms with Crippen LogP contribution in [-0.4, -0.2) is 23.3 Å². The third-order valence-corrected chi connectivity index (χ3v) is 4.71. The lowest BCUT2D eigenvalue weighted by atomic mass is 10.1. The van der Waals surface area contributed by atoms with Gasteiger partial charge in [0, 0.05) is 19.4 Å². The SMILES string of the molecule is CCCCCCCCC#CC#CCCCCN1C(=O)c2ccccc2C1=O. The number of imide groups is 1. The Labute approximate surface area is 163 Å². The van der Waals surface area contributed by atoms with Gasteiger partial charge >= 0.3 is 0 Å². The first kappa shape index (κ1) is 20.8. The Morgan fingerprint density at radius 2 is 1.26 bits per heavy atom. The minimum absolute atomic E-state index is 0.178. The monoisotopic (exact) mass is 363 g/mol. The molecule has 0 N–H and O–H groups in total. The van der Waals surface area contributed by atoms with Gasteiger partial charge in [0.15, 0.2) is 0 Å². The fraction of sp³-hybridized carbons (Fsp3) is 0.500. The van der Waals surface area contributed by atoms with Crippen LogP contribution in [0.3, 0.4) is 0 Å². The van der Waals surface area contributed by atoms with Gasteiger partial charge in [0.25, 0.3) is 11.8 Å². The smallest absolute Gasteiger partial charge is 0.261 e. The highest BCUT2D eigenvalue weighted by molar-refractivity contribution is 6.21. The third-order valence-electron chi connectivity index (χ3n) is 4.71. The van der Waals surface area contributed by atoms with Gasteiger partial charge in [0.1, 0.15) is 0 Å². The maximum atomic E-state index is 12.2. The summed E-state index contributed by atoms with van der Waals surface area (Å²) in [5, 5.41) is 0. The van der Waals surface area contributed by atoms with Gasteiger partial charge in [-0.3, -0.25) is 14.5 Å². The van der Waals surface area contributed by atoms with Crippen molar-refractivity contribution in [1.82, 2.24) is 4.90 Å². The molecule has 0 fully saturated rings. The number of rotatable bonds is 10. The van der Waals surface area contributed by atoms with Crippen LogP contribution in [0.25, 0.3) is 0 Å². The summed E-state index contributed by atoms with van der Waals surface area (Å²) in [6, 6.07) is 7.00. The van der Waals surface area contributed by atoms with Crippen molar-refractivity contribution in [2.75, 3.05) is 6.54 Å². The number of nitrogens with zero attached hydrogens (tertiary/aromatic N) is 1. The van der Waals surface area contributed by atoms with Crippen molar-refractivity contribution in [1.29, 1.82) is 0 Å². The van der Waals surface area contributed by atoms with Crippen LogP contribution in [0.15, 0.2) is 24.3 Å². The molecule has 0 bridgehead atoms. The Bertz CT molecular complexity index is 723. The molecule has 0 spiro atoms. The zero-order valence-electron chi connectivity index (χ0n) is 16.4. The Morgan fingerprint density at radius 3 is 1.85 bits per heavy atom. The van der Waals surface area contributed by atoms with E-state index in [9.17, 15) is 9.59 Å². The molecule has 1 aromatic carbocycles. The molecule has 3 heteroatoms. The van der Waals surface area contributed by atoms with Crippen LogP contribution in [0.1, 0.15) is 91.8 Å². The molecule has 0 saturated carbocycles. The summed E-state index contributed by atoms with van der Waals surface area (Å²) in [6.07, 6.45) is 11.0. The zero-order chi connectivity index (χ0) is 19.3. The summed E-state index contributed by atoms with van der Waals surface area (Å²) in [5.41, 5.74) is 1.03. The first-order chi connectivity index (χ1) is 13.3. The molecule has 2 rings (SSSR count). The van der Waals surface area contributed by atoms with Crippen LogP contribution in [-0.2, 0) is 0 Å². The minimum Gasteiger partial charge on any atom is -0.274 e. The molecule has 1 heterocycles. The number of unbranched alkanes of at least 4 members (excludes halogenated alkanes) is 8. The average molecular weight is 364 g/mol. The number of hydrogen-bond donors (Lipinski definition) is 0. The van der Waals surface area contributed by atoms with E-state index in [0.29, 0.717) is 17.7 Å². The normalized spacial score (nSPS) is 12.3. The lowest BCUT2D eigenvalue weighted by molar-refractivity contribution is 0.0652. The molecule has 0 aromatic heterocycles. The zero-order valence-corrected chi connectivity index (χ0v) is 16.4. The van der Waals surface area contributed by atoms with Crippen LogP contribution in [0.2, 0.25) is 0 Å². The number of amides is 2. The second-order valence-corrected chi connectivity index (χ2v) is 6.89. The van der Waals surface area contributed by atoms with E-state index in [4.69, 9.17) is 0 Å². The molecule has 0 radical (unpaired) electrons. The van der Waals surface area contributed by atoms with Crippen LogP contribution >= 0.6 is 0 Å². The molecule has 3 nitrogen and oxygen atoms in total. The highest BCUT2D eigenvalue weighted by Gasteiger charge is 2.34. The highest BCUT2D eigenvalue weighted by atomic mass is 16.2. The Morgan fingerprint density at radius 1 is 0.741 bits per heavy atom. The van der Waals surface area contributed by atoms with E-state index >= 15 is 0 Å². The number of benzene rings is 1.